The molecular formula is C18H14F2N2O2S. The minimum atomic E-state index is -0.703. The van der Waals surface area contributed by atoms with E-state index < -0.39 is 11.6 Å². The molecule has 3 rings (SSSR count). The van der Waals surface area contributed by atoms with Crippen LogP contribution in [0, 0.1) is 18.6 Å². The molecule has 1 aromatic heterocycles. The summed E-state index contributed by atoms with van der Waals surface area (Å²) in [5, 5.41) is 4.50. The SMILES string of the molecule is Cc1ccc(OCC(=O)Nc2nc(-c3ccc(F)cc3F)cs2)cc1. The van der Waals surface area contributed by atoms with Crippen molar-refractivity contribution in [1.82, 2.24) is 4.98 Å². The van der Waals surface area contributed by atoms with Gasteiger partial charge in [-0.3, -0.25) is 10.1 Å². The molecule has 128 valence electrons. The Balaban J connectivity index is 1.60. The Labute approximate surface area is 147 Å². The first-order valence-electron chi connectivity index (χ1n) is 7.41. The van der Waals surface area contributed by atoms with Gasteiger partial charge >= 0.3 is 0 Å². The van der Waals surface area contributed by atoms with Gasteiger partial charge in [0, 0.05) is 17.0 Å². The number of halogens is 2. The fourth-order valence-corrected chi connectivity index (χ4v) is 2.82. The van der Waals surface area contributed by atoms with Crippen LogP contribution in [0.5, 0.6) is 5.75 Å². The lowest BCUT2D eigenvalue weighted by Crippen LogP contribution is -2.20. The Kier molecular flexibility index (Phi) is 5.04. The van der Waals surface area contributed by atoms with Gasteiger partial charge in [-0.25, -0.2) is 13.8 Å². The smallest absolute Gasteiger partial charge is 0.264 e. The van der Waals surface area contributed by atoms with E-state index in [1.807, 2.05) is 19.1 Å². The van der Waals surface area contributed by atoms with E-state index in [0.717, 1.165) is 29.0 Å². The first kappa shape index (κ1) is 17.0. The zero-order chi connectivity index (χ0) is 17.8. The number of ether oxygens (including phenoxy) is 1. The van der Waals surface area contributed by atoms with Gasteiger partial charge in [-0.15, -0.1) is 11.3 Å². The second-order valence-corrected chi connectivity index (χ2v) is 6.17. The Morgan fingerprint density at radius 3 is 2.68 bits per heavy atom. The third-order valence-electron chi connectivity index (χ3n) is 3.35. The number of amides is 1. The maximum atomic E-state index is 13.8. The lowest BCUT2D eigenvalue weighted by molar-refractivity contribution is -0.118. The van der Waals surface area contributed by atoms with Gasteiger partial charge in [0.1, 0.15) is 17.4 Å². The molecule has 1 N–H and O–H groups in total. The van der Waals surface area contributed by atoms with E-state index in [0.29, 0.717) is 16.6 Å². The number of hydrogen-bond acceptors (Lipinski definition) is 4. The first-order chi connectivity index (χ1) is 12.0. The van der Waals surface area contributed by atoms with Crippen LogP contribution < -0.4 is 10.1 Å². The summed E-state index contributed by atoms with van der Waals surface area (Å²) in [6.45, 7) is 1.80. The molecule has 25 heavy (non-hydrogen) atoms. The molecule has 1 amide bonds. The van der Waals surface area contributed by atoms with Crippen molar-refractivity contribution in [2.75, 3.05) is 11.9 Å². The number of aromatic nitrogens is 1. The van der Waals surface area contributed by atoms with Crippen LogP contribution in [0.25, 0.3) is 11.3 Å². The number of nitrogens with zero attached hydrogens (tertiary/aromatic N) is 1. The highest BCUT2D eigenvalue weighted by molar-refractivity contribution is 7.14. The van der Waals surface area contributed by atoms with E-state index in [1.165, 1.54) is 6.07 Å². The van der Waals surface area contributed by atoms with Gasteiger partial charge in [0.25, 0.3) is 5.91 Å². The summed E-state index contributed by atoms with van der Waals surface area (Å²) >= 11 is 1.15. The number of rotatable bonds is 5. The quantitative estimate of drug-likeness (QED) is 0.733. The predicted octanol–water partition coefficient (Wildman–Crippen LogP) is 4.41. The Morgan fingerprint density at radius 2 is 1.96 bits per heavy atom. The molecule has 0 bridgehead atoms. The van der Waals surface area contributed by atoms with Crippen molar-refractivity contribution in [3.63, 3.8) is 0 Å². The van der Waals surface area contributed by atoms with Gasteiger partial charge in [0.2, 0.25) is 0 Å². The summed E-state index contributed by atoms with van der Waals surface area (Å²) in [6, 6.07) is 10.6. The molecular weight excluding hydrogens is 346 g/mol. The standard InChI is InChI=1S/C18H14F2N2O2S/c1-11-2-5-13(6-3-11)24-9-17(23)22-18-21-16(10-25-18)14-7-4-12(19)8-15(14)20/h2-8,10H,9H2,1H3,(H,21,22,23). The fraction of sp³-hybridized carbons (Fsp3) is 0.111. The fourth-order valence-electron chi connectivity index (χ4n) is 2.09. The van der Waals surface area contributed by atoms with Gasteiger partial charge < -0.3 is 4.74 Å². The van der Waals surface area contributed by atoms with E-state index in [4.69, 9.17) is 4.74 Å². The van der Waals surface area contributed by atoms with E-state index in [-0.39, 0.29) is 18.1 Å². The minimum absolute atomic E-state index is 0.164. The molecule has 7 heteroatoms. The van der Waals surface area contributed by atoms with Crippen LogP contribution in [0.4, 0.5) is 13.9 Å². The lowest BCUT2D eigenvalue weighted by atomic mass is 10.1. The zero-order valence-electron chi connectivity index (χ0n) is 13.3. The van der Waals surface area contributed by atoms with Gasteiger partial charge in [-0.1, -0.05) is 17.7 Å². The molecule has 0 saturated carbocycles. The maximum Gasteiger partial charge on any atom is 0.264 e. The second-order valence-electron chi connectivity index (χ2n) is 5.31. The molecule has 0 spiro atoms. The molecule has 2 aromatic carbocycles. The van der Waals surface area contributed by atoms with Gasteiger partial charge in [-0.05, 0) is 31.2 Å². The topological polar surface area (TPSA) is 51.2 Å². The second kappa shape index (κ2) is 7.40. The van der Waals surface area contributed by atoms with Crippen LogP contribution in [0.15, 0.2) is 47.8 Å². The number of nitrogens with one attached hydrogen (secondary N) is 1. The molecule has 0 saturated heterocycles. The van der Waals surface area contributed by atoms with Crippen LogP contribution in [0.2, 0.25) is 0 Å². The van der Waals surface area contributed by atoms with Gasteiger partial charge in [-0.2, -0.15) is 0 Å². The van der Waals surface area contributed by atoms with E-state index in [1.54, 1.807) is 17.5 Å². The molecule has 0 aliphatic carbocycles. The van der Waals surface area contributed by atoms with Crippen LogP contribution in [0.3, 0.4) is 0 Å². The van der Waals surface area contributed by atoms with Crippen LogP contribution in [0.1, 0.15) is 5.56 Å². The number of thiazole rings is 1. The number of aryl methyl sites for hydroxylation is 1. The van der Waals surface area contributed by atoms with Crippen LogP contribution >= 0.6 is 11.3 Å². The molecule has 3 aromatic rings. The third kappa shape index (κ3) is 4.39. The largest absolute Gasteiger partial charge is 0.484 e. The maximum absolute atomic E-state index is 13.8. The summed E-state index contributed by atoms with van der Waals surface area (Å²) in [6.07, 6.45) is 0. The van der Waals surface area contributed by atoms with Crippen LogP contribution in [-0.4, -0.2) is 17.5 Å². The Hall–Kier alpha value is -2.80. The highest BCUT2D eigenvalue weighted by atomic mass is 32.1. The zero-order valence-corrected chi connectivity index (χ0v) is 14.1. The minimum Gasteiger partial charge on any atom is -0.484 e. The van der Waals surface area contributed by atoms with E-state index in [9.17, 15) is 13.6 Å². The monoisotopic (exact) mass is 360 g/mol. The predicted molar refractivity (Wildman–Crippen MR) is 92.8 cm³/mol. The molecule has 0 radical (unpaired) electrons. The molecule has 1 heterocycles. The highest BCUT2D eigenvalue weighted by Crippen LogP contribution is 2.27. The number of carbonyl (C=O) groups is 1. The highest BCUT2D eigenvalue weighted by Gasteiger charge is 2.12. The van der Waals surface area contributed by atoms with Crippen molar-refractivity contribution in [3.05, 3.63) is 65.0 Å². The summed E-state index contributed by atoms with van der Waals surface area (Å²) in [5.41, 5.74) is 1.60. The van der Waals surface area contributed by atoms with E-state index in [2.05, 4.69) is 10.3 Å². The summed E-state index contributed by atoms with van der Waals surface area (Å²) in [7, 11) is 0. The van der Waals surface area contributed by atoms with Crippen molar-refractivity contribution in [2.24, 2.45) is 0 Å². The summed E-state index contributed by atoms with van der Waals surface area (Å²) < 4.78 is 32.1. The number of benzene rings is 2. The van der Waals surface area contributed by atoms with Gasteiger partial charge in [0.15, 0.2) is 11.7 Å². The molecule has 0 aliphatic heterocycles. The van der Waals surface area contributed by atoms with E-state index >= 15 is 0 Å². The molecule has 0 atom stereocenters. The number of carbonyl (C=O) groups excluding carboxylic acids is 1. The third-order valence-corrected chi connectivity index (χ3v) is 4.11. The van der Waals surface area contributed by atoms with Gasteiger partial charge in [0.05, 0.1) is 5.69 Å². The van der Waals surface area contributed by atoms with Crippen molar-refractivity contribution in [3.8, 4) is 17.0 Å². The summed E-state index contributed by atoms with van der Waals surface area (Å²) in [4.78, 5) is 16.1. The Bertz CT molecular complexity index is 894. The molecule has 0 aliphatic rings. The summed E-state index contributed by atoms with van der Waals surface area (Å²) in [5.74, 6) is -1.14. The van der Waals surface area contributed by atoms with Crippen molar-refractivity contribution in [1.29, 1.82) is 0 Å². The lowest BCUT2D eigenvalue weighted by Gasteiger charge is -2.06. The average molecular weight is 360 g/mol. The normalized spacial score (nSPS) is 10.5. The Morgan fingerprint density at radius 1 is 1.20 bits per heavy atom. The van der Waals surface area contributed by atoms with Crippen molar-refractivity contribution in [2.45, 2.75) is 6.92 Å². The van der Waals surface area contributed by atoms with Crippen LogP contribution in [-0.2, 0) is 4.79 Å². The molecule has 0 fully saturated rings. The number of hydrogen-bond donors (Lipinski definition) is 1. The molecule has 4 nitrogen and oxygen atoms in total. The number of anilines is 1. The molecule has 0 unspecified atom stereocenters. The average Bonchev–Trinajstić information content (AvgIpc) is 3.02. The van der Waals surface area contributed by atoms with Crippen molar-refractivity contribution >= 4 is 22.4 Å². The first-order valence-corrected chi connectivity index (χ1v) is 8.29. The van der Waals surface area contributed by atoms with Crippen molar-refractivity contribution < 1.29 is 18.3 Å².